The van der Waals surface area contributed by atoms with E-state index in [1.807, 2.05) is 6.92 Å². The van der Waals surface area contributed by atoms with Crippen molar-refractivity contribution in [2.75, 3.05) is 19.8 Å². The van der Waals surface area contributed by atoms with Gasteiger partial charge in [-0.3, -0.25) is 0 Å². The summed E-state index contributed by atoms with van der Waals surface area (Å²) >= 11 is 0. The molecule has 108 valence electrons. The Morgan fingerprint density at radius 1 is 0.944 bits per heavy atom. The molecule has 0 bridgehead atoms. The predicted molar refractivity (Wildman–Crippen MR) is 71.8 cm³/mol. The zero-order valence-corrected chi connectivity index (χ0v) is 12.1. The molecule has 0 radical (unpaired) electrons. The second kappa shape index (κ2) is 12.7. The maximum absolute atomic E-state index is 11.2. The average molecular weight is 260 g/mol. The number of rotatable bonds is 11. The fourth-order valence-corrected chi connectivity index (χ4v) is 1.39. The molecule has 1 unspecified atom stereocenters. The van der Waals surface area contributed by atoms with Gasteiger partial charge in [0.2, 0.25) is 0 Å². The van der Waals surface area contributed by atoms with Crippen molar-refractivity contribution >= 4 is 6.16 Å². The Labute approximate surface area is 111 Å². The van der Waals surface area contributed by atoms with Crippen LogP contribution in [0.3, 0.4) is 0 Å². The first-order valence-electron chi connectivity index (χ1n) is 7.11. The van der Waals surface area contributed by atoms with Crippen LogP contribution in [0.4, 0.5) is 4.79 Å². The molecule has 0 aliphatic carbocycles. The highest BCUT2D eigenvalue weighted by molar-refractivity contribution is 5.59. The van der Waals surface area contributed by atoms with Crippen LogP contribution in [0, 0.1) is 0 Å². The van der Waals surface area contributed by atoms with E-state index in [0.717, 1.165) is 25.7 Å². The lowest BCUT2D eigenvalue weighted by molar-refractivity contribution is -0.00967. The molecule has 0 spiro atoms. The third-order valence-corrected chi connectivity index (χ3v) is 2.55. The van der Waals surface area contributed by atoms with Gasteiger partial charge >= 0.3 is 6.16 Å². The minimum absolute atomic E-state index is 0.0656. The van der Waals surface area contributed by atoms with Crippen LogP contribution < -0.4 is 0 Å². The van der Waals surface area contributed by atoms with Gasteiger partial charge < -0.3 is 14.2 Å². The third kappa shape index (κ3) is 11.7. The summed E-state index contributed by atoms with van der Waals surface area (Å²) < 4.78 is 15.4. The molecule has 0 heterocycles. The summed E-state index contributed by atoms with van der Waals surface area (Å²) in [6.45, 7) is 7.58. The molecule has 0 N–H and O–H groups in total. The summed E-state index contributed by atoms with van der Waals surface area (Å²) in [7, 11) is 0. The molecule has 0 aliphatic rings. The molecule has 0 aromatic heterocycles. The molecule has 0 amide bonds. The highest BCUT2D eigenvalue weighted by Gasteiger charge is 2.08. The minimum atomic E-state index is -0.586. The van der Waals surface area contributed by atoms with Gasteiger partial charge in [-0.05, 0) is 19.8 Å². The molecule has 18 heavy (non-hydrogen) atoms. The number of ether oxygens (including phenoxy) is 3. The van der Waals surface area contributed by atoms with Crippen LogP contribution in [0.15, 0.2) is 0 Å². The van der Waals surface area contributed by atoms with Crippen molar-refractivity contribution in [1.82, 2.24) is 0 Å². The van der Waals surface area contributed by atoms with Crippen LogP contribution in [-0.2, 0) is 14.2 Å². The average Bonchev–Trinajstić information content (AvgIpc) is 2.36. The van der Waals surface area contributed by atoms with E-state index in [-0.39, 0.29) is 12.7 Å². The molecular weight excluding hydrogens is 232 g/mol. The van der Waals surface area contributed by atoms with Crippen LogP contribution >= 0.6 is 0 Å². The Kier molecular flexibility index (Phi) is 12.1. The Balaban J connectivity index is 3.34. The fraction of sp³-hybridized carbons (Fsp3) is 0.929. The largest absolute Gasteiger partial charge is 0.508 e. The topological polar surface area (TPSA) is 44.8 Å². The van der Waals surface area contributed by atoms with E-state index in [9.17, 15) is 4.79 Å². The van der Waals surface area contributed by atoms with Gasteiger partial charge in [-0.2, -0.15) is 0 Å². The van der Waals surface area contributed by atoms with E-state index in [1.165, 1.54) is 12.8 Å². The molecule has 0 saturated heterocycles. The van der Waals surface area contributed by atoms with Crippen molar-refractivity contribution in [2.45, 2.75) is 65.4 Å². The molecule has 0 aliphatic heterocycles. The maximum atomic E-state index is 11.2. The van der Waals surface area contributed by atoms with Gasteiger partial charge in [-0.25, -0.2) is 4.79 Å². The minimum Gasteiger partial charge on any atom is -0.434 e. The molecule has 4 nitrogen and oxygen atoms in total. The number of unbranched alkanes of at least 4 members (excludes halogenated alkanes) is 4. The molecule has 0 aromatic rings. The number of hydrogen-bond donors (Lipinski definition) is 0. The first-order valence-corrected chi connectivity index (χ1v) is 7.11. The van der Waals surface area contributed by atoms with Crippen molar-refractivity contribution in [3.05, 3.63) is 0 Å². The summed E-state index contributed by atoms with van der Waals surface area (Å²) in [5.74, 6) is 0. The van der Waals surface area contributed by atoms with Crippen LogP contribution in [0.5, 0.6) is 0 Å². The Morgan fingerprint density at radius 2 is 1.67 bits per heavy atom. The molecule has 0 rings (SSSR count). The Hall–Kier alpha value is -0.770. The highest BCUT2D eigenvalue weighted by atomic mass is 16.7. The summed E-state index contributed by atoms with van der Waals surface area (Å²) in [5.41, 5.74) is 0. The van der Waals surface area contributed by atoms with Crippen molar-refractivity contribution in [3.8, 4) is 0 Å². The standard InChI is InChI=1S/C14H28O4/c1-4-6-8-9-11-17-14(15)18-12-13(3)16-10-7-5-2/h13H,4-12H2,1-3H3. The predicted octanol–water partition coefficient (Wildman–Crippen LogP) is 3.93. The lowest BCUT2D eigenvalue weighted by atomic mass is 10.2. The van der Waals surface area contributed by atoms with Gasteiger partial charge in [0.25, 0.3) is 0 Å². The summed E-state index contributed by atoms with van der Waals surface area (Å²) in [5, 5.41) is 0. The van der Waals surface area contributed by atoms with E-state index >= 15 is 0 Å². The number of carbonyl (C=O) groups excluding carboxylic acids is 1. The van der Waals surface area contributed by atoms with Gasteiger partial charge in [0.15, 0.2) is 0 Å². The number of carbonyl (C=O) groups is 1. The first kappa shape index (κ1) is 17.2. The van der Waals surface area contributed by atoms with Crippen LogP contribution in [-0.4, -0.2) is 32.1 Å². The summed E-state index contributed by atoms with van der Waals surface area (Å²) in [6, 6.07) is 0. The summed E-state index contributed by atoms with van der Waals surface area (Å²) in [4.78, 5) is 11.2. The first-order chi connectivity index (χ1) is 8.70. The van der Waals surface area contributed by atoms with Crippen molar-refractivity contribution in [2.24, 2.45) is 0 Å². The van der Waals surface area contributed by atoms with Crippen LogP contribution in [0.25, 0.3) is 0 Å². The second-order valence-electron chi connectivity index (χ2n) is 4.51. The van der Waals surface area contributed by atoms with Gasteiger partial charge in [0.05, 0.1) is 12.7 Å². The smallest absolute Gasteiger partial charge is 0.434 e. The van der Waals surface area contributed by atoms with Gasteiger partial charge in [-0.1, -0.05) is 39.5 Å². The van der Waals surface area contributed by atoms with E-state index in [4.69, 9.17) is 14.2 Å². The maximum Gasteiger partial charge on any atom is 0.508 e. The zero-order chi connectivity index (χ0) is 13.6. The Morgan fingerprint density at radius 3 is 2.33 bits per heavy atom. The zero-order valence-electron chi connectivity index (χ0n) is 12.1. The second-order valence-corrected chi connectivity index (χ2v) is 4.51. The van der Waals surface area contributed by atoms with Crippen molar-refractivity contribution in [1.29, 1.82) is 0 Å². The van der Waals surface area contributed by atoms with Crippen molar-refractivity contribution < 1.29 is 19.0 Å². The van der Waals surface area contributed by atoms with Gasteiger partial charge in [0, 0.05) is 6.61 Å². The monoisotopic (exact) mass is 260 g/mol. The lowest BCUT2D eigenvalue weighted by Gasteiger charge is -2.13. The van der Waals surface area contributed by atoms with Gasteiger partial charge in [0.1, 0.15) is 6.61 Å². The van der Waals surface area contributed by atoms with Crippen LogP contribution in [0.2, 0.25) is 0 Å². The van der Waals surface area contributed by atoms with E-state index < -0.39 is 6.16 Å². The fourth-order valence-electron chi connectivity index (χ4n) is 1.39. The van der Waals surface area contributed by atoms with E-state index in [0.29, 0.717) is 13.2 Å². The Bertz CT molecular complexity index is 194. The highest BCUT2D eigenvalue weighted by Crippen LogP contribution is 2.01. The van der Waals surface area contributed by atoms with Gasteiger partial charge in [-0.15, -0.1) is 0 Å². The lowest BCUT2D eigenvalue weighted by Crippen LogP contribution is -2.20. The molecule has 1 atom stereocenters. The van der Waals surface area contributed by atoms with E-state index in [1.54, 1.807) is 0 Å². The summed E-state index contributed by atoms with van der Waals surface area (Å²) in [6.07, 6.45) is 5.85. The number of hydrogen-bond acceptors (Lipinski definition) is 4. The van der Waals surface area contributed by atoms with Crippen molar-refractivity contribution in [3.63, 3.8) is 0 Å². The van der Waals surface area contributed by atoms with E-state index in [2.05, 4.69) is 13.8 Å². The molecule has 0 aromatic carbocycles. The molecular formula is C14H28O4. The quantitative estimate of drug-likeness (QED) is 0.417. The molecule has 4 heteroatoms. The molecule has 0 fully saturated rings. The van der Waals surface area contributed by atoms with Crippen LogP contribution in [0.1, 0.15) is 59.3 Å². The SMILES string of the molecule is CCCCCCOC(=O)OCC(C)OCCCC. The third-order valence-electron chi connectivity index (χ3n) is 2.55. The normalized spacial score (nSPS) is 12.2. The molecule has 0 saturated carbocycles.